The summed E-state index contributed by atoms with van der Waals surface area (Å²) in [6, 6.07) is 10.2. The zero-order valence-corrected chi connectivity index (χ0v) is 11.2. The Kier molecular flexibility index (Phi) is 5.33. The summed E-state index contributed by atoms with van der Waals surface area (Å²) in [5.74, 6) is 0.326. The van der Waals surface area contributed by atoms with E-state index in [4.69, 9.17) is 0 Å². The van der Waals surface area contributed by atoms with Crippen LogP contribution in [0.15, 0.2) is 24.3 Å². The van der Waals surface area contributed by atoms with Gasteiger partial charge in [0.05, 0.1) is 9.52 Å². The van der Waals surface area contributed by atoms with Crippen molar-refractivity contribution in [3.8, 4) is 0 Å². The minimum atomic E-state index is -0.0890. The van der Waals surface area contributed by atoms with Gasteiger partial charge in [-0.1, -0.05) is 47.5 Å². The van der Waals surface area contributed by atoms with Crippen molar-refractivity contribution in [2.24, 2.45) is 0 Å². The number of unbranched alkanes of at least 4 members (excludes halogenated alkanes) is 1. The number of benzene rings is 1. The Labute approximate surface area is 94.7 Å². The van der Waals surface area contributed by atoms with Gasteiger partial charge in [-0.3, -0.25) is 0 Å². The normalized spacial score (nSPS) is 11.1. The second-order valence-electron chi connectivity index (χ2n) is 4.25. The molecule has 1 aromatic carbocycles. The molecule has 82 valence electrons. The van der Waals surface area contributed by atoms with E-state index in [9.17, 15) is 4.79 Å². The second-order valence-corrected chi connectivity index (χ2v) is 6.28. The zero-order chi connectivity index (χ0) is 11.1. The molecule has 1 rings (SSSR count). The Morgan fingerprint density at radius 3 is 2.80 bits per heavy atom. The summed E-state index contributed by atoms with van der Waals surface area (Å²) >= 11 is 0. The summed E-state index contributed by atoms with van der Waals surface area (Å²) in [6.45, 7) is 3.83. The van der Waals surface area contributed by atoms with Crippen LogP contribution in [0.1, 0.15) is 31.7 Å². The fourth-order valence-corrected chi connectivity index (χ4v) is 3.53. The monoisotopic (exact) mass is 220 g/mol. The van der Waals surface area contributed by atoms with E-state index in [0.29, 0.717) is 5.78 Å². The van der Waals surface area contributed by atoms with Crippen molar-refractivity contribution in [2.45, 2.75) is 39.2 Å². The maximum Gasteiger partial charge on any atom is 0.129 e. The molecule has 0 amide bonds. The molecule has 0 saturated heterocycles. The van der Waals surface area contributed by atoms with Gasteiger partial charge in [0.25, 0.3) is 0 Å². The van der Waals surface area contributed by atoms with E-state index in [2.05, 4.69) is 31.2 Å². The highest BCUT2D eigenvalue weighted by molar-refractivity contribution is 6.53. The molecule has 15 heavy (non-hydrogen) atoms. The lowest BCUT2D eigenvalue weighted by Crippen LogP contribution is -2.13. The van der Waals surface area contributed by atoms with E-state index >= 15 is 0 Å². The first-order chi connectivity index (χ1) is 7.18. The van der Waals surface area contributed by atoms with Crippen LogP contribution in [0.2, 0.25) is 6.04 Å². The van der Waals surface area contributed by atoms with E-state index in [1.165, 1.54) is 18.0 Å². The lowest BCUT2D eigenvalue weighted by Gasteiger charge is -2.01. The topological polar surface area (TPSA) is 17.1 Å². The third-order valence-electron chi connectivity index (χ3n) is 2.58. The van der Waals surface area contributed by atoms with Gasteiger partial charge in [-0.15, -0.1) is 0 Å². The maximum atomic E-state index is 10.7. The third kappa shape index (κ3) is 5.53. The van der Waals surface area contributed by atoms with Crippen LogP contribution in [0.3, 0.4) is 0 Å². The van der Waals surface area contributed by atoms with Crippen molar-refractivity contribution >= 4 is 20.5 Å². The summed E-state index contributed by atoms with van der Waals surface area (Å²) in [5.41, 5.74) is 1.36. The highest BCUT2D eigenvalue weighted by Gasteiger charge is 1.96. The summed E-state index contributed by atoms with van der Waals surface area (Å²) in [5, 5.41) is 1.55. The van der Waals surface area contributed by atoms with Crippen molar-refractivity contribution in [3.05, 3.63) is 29.8 Å². The van der Waals surface area contributed by atoms with Gasteiger partial charge in [-0.05, 0) is 20.3 Å². The van der Waals surface area contributed by atoms with Crippen molar-refractivity contribution < 1.29 is 4.79 Å². The van der Waals surface area contributed by atoms with E-state index in [1.807, 2.05) is 0 Å². The van der Waals surface area contributed by atoms with Crippen molar-refractivity contribution in [2.75, 3.05) is 0 Å². The van der Waals surface area contributed by atoms with Crippen molar-refractivity contribution in [1.29, 1.82) is 0 Å². The molecule has 0 radical (unpaired) electrons. The number of ketones is 1. The molecule has 0 atom stereocenters. The molecule has 1 aromatic rings. The van der Waals surface area contributed by atoms with E-state index < -0.39 is 0 Å². The molecule has 0 unspecified atom stereocenters. The molecule has 0 aromatic heterocycles. The maximum absolute atomic E-state index is 10.7. The van der Waals surface area contributed by atoms with Crippen LogP contribution in [-0.2, 0) is 4.79 Å². The number of Topliss-reactive ketones (excluding diaryl/α,β-unsaturated/α-hetero) is 1. The Morgan fingerprint density at radius 1 is 1.33 bits per heavy atom. The molecular weight excluding hydrogens is 200 g/mol. The molecule has 0 bridgehead atoms. The van der Waals surface area contributed by atoms with Gasteiger partial charge in [0, 0.05) is 6.42 Å². The number of hydrogen-bond acceptors (Lipinski definition) is 1. The smallest absolute Gasteiger partial charge is 0.129 e. The predicted molar refractivity (Wildman–Crippen MR) is 68.7 cm³/mol. The number of hydrogen-bond donors (Lipinski definition) is 0. The molecule has 0 aliphatic rings. The van der Waals surface area contributed by atoms with Gasteiger partial charge < -0.3 is 4.79 Å². The van der Waals surface area contributed by atoms with Crippen LogP contribution in [0.5, 0.6) is 0 Å². The first-order valence-corrected chi connectivity index (χ1v) is 7.44. The van der Waals surface area contributed by atoms with Crippen LogP contribution in [0, 0.1) is 6.92 Å². The first kappa shape index (κ1) is 12.2. The Bertz CT molecular complexity index is 320. The van der Waals surface area contributed by atoms with Crippen LogP contribution < -0.4 is 5.19 Å². The van der Waals surface area contributed by atoms with Gasteiger partial charge in [0.2, 0.25) is 0 Å². The molecule has 0 heterocycles. The average molecular weight is 220 g/mol. The van der Waals surface area contributed by atoms with E-state index in [0.717, 1.165) is 12.8 Å². The Morgan fingerprint density at radius 2 is 2.13 bits per heavy atom. The van der Waals surface area contributed by atoms with Crippen molar-refractivity contribution in [1.82, 2.24) is 0 Å². The minimum Gasteiger partial charge on any atom is -0.300 e. The number of carbonyl (C=O) groups excluding carboxylic acids is 1. The molecule has 0 fully saturated rings. The van der Waals surface area contributed by atoms with E-state index in [1.54, 1.807) is 12.1 Å². The second kappa shape index (κ2) is 6.56. The highest BCUT2D eigenvalue weighted by atomic mass is 28.2. The highest BCUT2D eigenvalue weighted by Crippen LogP contribution is 2.01. The minimum absolute atomic E-state index is 0.0890. The van der Waals surface area contributed by atoms with Gasteiger partial charge in [0.1, 0.15) is 5.78 Å². The lowest BCUT2D eigenvalue weighted by atomic mass is 10.2. The SMILES string of the molecule is CC(=O)CCCC[SiH2]c1cccc(C)c1. The van der Waals surface area contributed by atoms with Crippen LogP contribution in [-0.4, -0.2) is 15.3 Å². The standard InChI is InChI=1S/C13H20OSi/c1-11-6-5-8-13(10-11)15-9-4-3-7-12(2)14/h5-6,8,10H,3-4,7,9,15H2,1-2H3. The quantitative estimate of drug-likeness (QED) is 0.529. The van der Waals surface area contributed by atoms with Gasteiger partial charge in [-0.25, -0.2) is 0 Å². The first-order valence-electron chi connectivity index (χ1n) is 5.73. The summed E-state index contributed by atoms with van der Waals surface area (Å²) in [6.07, 6.45) is 3.07. The molecule has 0 spiro atoms. The summed E-state index contributed by atoms with van der Waals surface area (Å²) in [4.78, 5) is 10.7. The molecular formula is C13H20OSi. The van der Waals surface area contributed by atoms with E-state index in [-0.39, 0.29) is 9.52 Å². The van der Waals surface area contributed by atoms with Crippen LogP contribution >= 0.6 is 0 Å². The summed E-state index contributed by atoms with van der Waals surface area (Å²) < 4.78 is 0. The Hall–Kier alpha value is -0.893. The zero-order valence-electron chi connectivity index (χ0n) is 9.75. The van der Waals surface area contributed by atoms with Gasteiger partial charge in [0.15, 0.2) is 0 Å². The number of rotatable bonds is 6. The van der Waals surface area contributed by atoms with Gasteiger partial charge in [-0.2, -0.15) is 0 Å². The van der Waals surface area contributed by atoms with Crippen molar-refractivity contribution in [3.63, 3.8) is 0 Å². The third-order valence-corrected chi connectivity index (χ3v) is 4.45. The van der Waals surface area contributed by atoms with Crippen LogP contribution in [0.4, 0.5) is 0 Å². The molecule has 0 aliphatic carbocycles. The fourth-order valence-electron chi connectivity index (χ4n) is 1.75. The molecule has 1 nitrogen and oxygen atoms in total. The summed E-state index contributed by atoms with van der Waals surface area (Å²) in [7, 11) is -0.0890. The molecule has 0 saturated carbocycles. The fraction of sp³-hybridized carbons (Fsp3) is 0.462. The molecule has 0 N–H and O–H groups in total. The largest absolute Gasteiger partial charge is 0.300 e. The molecule has 2 heteroatoms. The van der Waals surface area contributed by atoms with Crippen LogP contribution in [0.25, 0.3) is 0 Å². The average Bonchev–Trinajstić information content (AvgIpc) is 2.17. The number of aryl methyl sites for hydroxylation is 1. The van der Waals surface area contributed by atoms with Gasteiger partial charge >= 0.3 is 0 Å². The lowest BCUT2D eigenvalue weighted by molar-refractivity contribution is -0.117. The Balaban J connectivity index is 2.17. The predicted octanol–water partition coefficient (Wildman–Crippen LogP) is 1.97. The molecule has 0 aliphatic heterocycles. The number of carbonyl (C=O) groups is 1.